The van der Waals surface area contributed by atoms with Crippen molar-refractivity contribution in [2.45, 2.75) is 19.9 Å². The van der Waals surface area contributed by atoms with E-state index in [0.29, 0.717) is 12.3 Å². The van der Waals surface area contributed by atoms with Crippen LogP contribution in [0, 0.1) is 6.92 Å². The first-order valence-corrected chi connectivity index (χ1v) is 6.99. The SMILES string of the molecule is COCC(C)NC(=O)c1nn(-c2ccccc2)c(C)cc1=O. The van der Waals surface area contributed by atoms with Gasteiger partial charge in [-0.3, -0.25) is 9.59 Å². The van der Waals surface area contributed by atoms with E-state index in [1.165, 1.54) is 6.07 Å². The summed E-state index contributed by atoms with van der Waals surface area (Å²) in [6.45, 7) is 3.94. The molecule has 1 heterocycles. The van der Waals surface area contributed by atoms with Crippen LogP contribution in [0.25, 0.3) is 5.69 Å². The highest BCUT2D eigenvalue weighted by molar-refractivity contribution is 5.92. The summed E-state index contributed by atoms with van der Waals surface area (Å²) < 4.78 is 6.54. The van der Waals surface area contributed by atoms with Crippen LogP contribution < -0.4 is 10.7 Å². The lowest BCUT2D eigenvalue weighted by atomic mass is 10.2. The van der Waals surface area contributed by atoms with E-state index in [9.17, 15) is 9.59 Å². The summed E-state index contributed by atoms with van der Waals surface area (Å²) in [6, 6.07) is 10.6. The fourth-order valence-corrected chi connectivity index (χ4v) is 2.12. The molecule has 0 radical (unpaired) electrons. The lowest BCUT2D eigenvalue weighted by molar-refractivity contribution is 0.0897. The van der Waals surface area contributed by atoms with Gasteiger partial charge in [0.1, 0.15) is 0 Å². The fourth-order valence-electron chi connectivity index (χ4n) is 2.12. The Morgan fingerprint density at radius 3 is 2.68 bits per heavy atom. The van der Waals surface area contributed by atoms with Gasteiger partial charge < -0.3 is 10.1 Å². The standard InChI is InChI=1S/C16H19N3O3/c1-11(10-22-3)17-16(21)15-14(20)9-12(2)19(18-15)13-7-5-4-6-8-13/h4-9,11H,10H2,1-3H3,(H,17,21). The van der Waals surface area contributed by atoms with Crippen LogP contribution in [0.15, 0.2) is 41.2 Å². The number of carbonyl (C=O) groups is 1. The van der Waals surface area contributed by atoms with Gasteiger partial charge in [0.2, 0.25) is 5.43 Å². The Morgan fingerprint density at radius 2 is 2.05 bits per heavy atom. The molecule has 1 unspecified atom stereocenters. The van der Waals surface area contributed by atoms with Crippen LogP contribution in [0.2, 0.25) is 0 Å². The smallest absolute Gasteiger partial charge is 0.276 e. The topological polar surface area (TPSA) is 73.2 Å². The molecule has 0 saturated heterocycles. The van der Waals surface area contributed by atoms with E-state index in [1.807, 2.05) is 30.3 Å². The minimum absolute atomic E-state index is 0.127. The molecule has 2 rings (SSSR count). The summed E-state index contributed by atoms with van der Waals surface area (Å²) in [5, 5.41) is 6.90. The molecule has 1 aromatic carbocycles. The van der Waals surface area contributed by atoms with Crippen molar-refractivity contribution in [3.63, 3.8) is 0 Å². The maximum atomic E-state index is 12.2. The van der Waals surface area contributed by atoms with Crippen LogP contribution in [-0.2, 0) is 4.74 Å². The average Bonchev–Trinajstić information content (AvgIpc) is 2.48. The molecule has 0 aliphatic rings. The van der Waals surface area contributed by atoms with Crippen LogP contribution in [0.5, 0.6) is 0 Å². The first-order chi connectivity index (χ1) is 10.5. The summed E-state index contributed by atoms with van der Waals surface area (Å²) in [7, 11) is 1.55. The van der Waals surface area contributed by atoms with Gasteiger partial charge in [0.05, 0.1) is 12.3 Å². The average molecular weight is 301 g/mol. The van der Waals surface area contributed by atoms with E-state index in [0.717, 1.165) is 5.69 Å². The summed E-state index contributed by atoms with van der Waals surface area (Å²) in [5.74, 6) is -0.501. The van der Waals surface area contributed by atoms with Crippen molar-refractivity contribution < 1.29 is 9.53 Å². The molecule has 1 aromatic heterocycles. The molecule has 0 spiro atoms. The number of aryl methyl sites for hydroxylation is 1. The second-order valence-electron chi connectivity index (χ2n) is 5.08. The number of methoxy groups -OCH3 is 1. The Bertz CT molecular complexity index is 710. The van der Waals surface area contributed by atoms with Crippen molar-refractivity contribution in [2.75, 3.05) is 13.7 Å². The minimum Gasteiger partial charge on any atom is -0.383 e. The van der Waals surface area contributed by atoms with Gasteiger partial charge in [-0.15, -0.1) is 0 Å². The van der Waals surface area contributed by atoms with Crippen LogP contribution in [0.1, 0.15) is 23.1 Å². The predicted octanol–water partition coefficient (Wildman–Crippen LogP) is 1.31. The quantitative estimate of drug-likeness (QED) is 0.903. The molecule has 0 aliphatic carbocycles. The van der Waals surface area contributed by atoms with Gasteiger partial charge in [-0.2, -0.15) is 5.10 Å². The number of nitrogens with one attached hydrogen (secondary N) is 1. The van der Waals surface area contributed by atoms with E-state index < -0.39 is 11.3 Å². The largest absolute Gasteiger partial charge is 0.383 e. The highest BCUT2D eigenvalue weighted by Gasteiger charge is 2.17. The van der Waals surface area contributed by atoms with Crippen LogP contribution in [0.4, 0.5) is 0 Å². The molecule has 1 amide bonds. The maximum Gasteiger partial charge on any atom is 0.276 e. The molecule has 0 fully saturated rings. The number of amides is 1. The van der Waals surface area contributed by atoms with Crippen molar-refractivity contribution in [1.82, 2.24) is 15.1 Å². The Morgan fingerprint density at radius 1 is 1.36 bits per heavy atom. The van der Waals surface area contributed by atoms with Crippen molar-refractivity contribution in [3.8, 4) is 5.69 Å². The lowest BCUT2D eigenvalue weighted by Gasteiger charge is -2.14. The van der Waals surface area contributed by atoms with E-state index in [2.05, 4.69) is 10.4 Å². The highest BCUT2D eigenvalue weighted by atomic mass is 16.5. The summed E-state index contributed by atoms with van der Waals surface area (Å²) >= 11 is 0. The first kappa shape index (κ1) is 15.9. The Labute approximate surface area is 128 Å². The van der Waals surface area contributed by atoms with Gasteiger partial charge in [0.25, 0.3) is 5.91 Å². The molecule has 116 valence electrons. The number of rotatable bonds is 5. The monoisotopic (exact) mass is 301 g/mol. The van der Waals surface area contributed by atoms with Crippen molar-refractivity contribution in [3.05, 3.63) is 58.0 Å². The molecule has 2 aromatic rings. The first-order valence-electron chi connectivity index (χ1n) is 6.99. The van der Waals surface area contributed by atoms with Gasteiger partial charge in [0.15, 0.2) is 5.69 Å². The minimum atomic E-state index is -0.501. The van der Waals surface area contributed by atoms with Gasteiger partial charge in [0, 0.05) is 24.9 Å². The number of carbonyl (C=O) groups excluding carboxylic acids is 1. The van der Waals surface area contributed by atoms with Gasteiger partial charge in [-0.1, -0.05) is 18.2 Å². The fraction of sp³-hybridized carbons (Fsp3) is 0.312. The molecule has 1 atom stereocenters. The zero-order chi connectivity index (χ0) is 16.1. The third-order valence-electron chi connectivity index (χ3n) is 3.12. The van der Waals surface area contributed by atoms with Crippen LogP contribution >= 0.6 is 0 Å². The Kier molecular flexibility index (Phi) is 5.06. The van der Waals surface area contributed by atoms with Gasteiger partial charge in [-0.25, -0.2) is 4.68 Å². The Hall–Kier alpha value is -2.47. The highest BCUT2D eigenvalue weighted by Crippen LogP contribution is 2.07. The number of aromatic nitrogens is 2. The van der Waals surface area contributed by atoms with Crippen molar-refractivity contribution in [1.29, 1.82) is 0 Å². The number of nitrogens with zero attached hydrogens (tertiary/aromatic N) is 2. The molecule has 1 N–H and O–H groups in total. The lowest BCUT2D eigenvalue weighted by Crippen LogP contribution is -2.39. The number of hydrogen-bond acceptors (Lipinski definition) is 4. The molecule has 22 heavy (non-hydrogen) atoms. The maximum absolute atomic E-state index is 12.2. The second-order valence-corrected chi connectivity index (χ2v) is 5.08. The normalized spacial score (nSPS) is 12.0. The third-order valence-corrected chi connectivity index (χ3v) is 3.12. The van der Waals surface area contributed by atoms with E-state index in [-0.39, 0.29) is 11.7 Å². The molecule has 6 nitrogen and oxygen atoms in total. The number of ether oxygens (including phenoxy) is 1. The number of hydrogen-bond donors (Lipinski definition) is 1. The molecular weight excluding hydrogens is 282 g/mol. The molecule has 6 heteroatoms. The number of para-hydroxylation sites is 1. The van der Waals surface area contributed by atoms with Crippen LogP contribution in [0.3, 0.4) is 0 Å². The molecule has 0 saturated carbocycles. The zero-order valence-electron chi connectivity index (χ0n) is 12.9. The Balaban J connectivity index is 2.37. The van der Waals surface area contributed by atoms with Crippen molar-refractivity contribution >= 4 is 5.91 Å². The molecular formula is C16H19N3O3. The van der Waals surface area contributed by atoms with Crippen molar-refractivity contribution in [2.24, 2.45) is 0 Å². The van der Waals surface area contributed by atoms with E-state index >= 15 is 0 Å². The third kappa shape index (κ3) is 3.59. The van der Waals surface area contributed by atoms with Gasteiger partial charge in [-0.05, 0) is 26.0 Å². The molecule has 0 aliphatic heterocycles. The number of benzene rings is 1. The predicted molar refractivity (Wildman–Crippen MR) is 83.4 cm³/mol. The van der Waals surface area contributed by atoms with E-state index in [1.54, 1.807) is 25.6 Å². The van der Waals surface area contributed by atoms with Crippen LogP contribution in [-0.4, -0.2) is 35.4 Å². The van der Waals surface area contributed by atoms with Gasteiger partial charge >= 0.3 is 0 Å². The summed E-state index contributed by atoms with van der Waals surface area (Å²) in [5.41, 5.74) is 0.931. The summed E-state index contributed by atoms with van der Waals surface area (Å²) in [6.07, 6.45) is 0. The second kappa shape index (κ2) is 7.00. The van der Waals surface area contributed by atoms with E-state index in [4.69, 9.17) is 4.74 Å². The molecule has 0 bridgehead atoms. The summed E-state index contributed by atoms with van der Waals surface area (Å²) in [4.78, 5) is 24.2. The zero-order valence-corrected chi connectivity index (χ0v) is 12.9.